The van der Waals surface area contributed by atoms with Crippen molar-refractivity contribution in [3.05, 3.63) is 35.6 Å². The number of halogens is 1. The summed E-state index contributed by atoms with van der Waals surface area (Å²) in [6.07, 6.45) is 2.64. The molecule has 1 fully saturated rings. The van der Waals surface area contributed by atoms with E-state index in [0.29, 0.717) is 13.0 Å². The van der Waals surface area contributed by atoms with E-state index in [4.69, 9.17) is 0 Å². The first-order valence-electron chi connectivity index (χ1n) is 7.68. The van der Waals surface area contributed by atoms with Crippen LogP contribution in [0.3, 0.4) is 0 Å². The van der Waals surface area contributed by atoms with Gasteiger partial charge in [-0.1, -0.05) is 32.4 Å². The molecular formula is C17H24FNO2. The molecule has 1 unspecified atom stereocenters. The van der Waals surface area contributed by atoms with Crippen molar-refractivity contribution in [2.24, 2.45) is 5.92 Å². The first kappa shape index (κ1) is 16.0. The van der Waals surface area contributed by atoms with Gasteiger partial charge >= 0.3 is 0 Å². The fraction of sp³-hybridized carbons (Fsp3) is 0.588. The number of aliphatic hydroxyl groups is 1. The predicted molar refractivity (Wildman–Crippen MR) is 80.4 cm³/mol. The SMILES string of the molecule is CC(C)C(O)CCNC(=O)C1(c2cccc(F)c2)CCC1. The van der Waals surface area contributed by atoms with E-state index in [2.05, 4.69) is 5.32 Å². The number of nitrogens with one attached hydrogen (secondary N) is 1. The van der Waals surface area contributed by atoms with E-state index in [1.54, 1.807) is 6.07 Å². The Balaban J connectivity index is 1.99. The summed E-state index contributed by atoms with van der Waals surface area (Å²) in [5.74, 6) is -0.167. The molecule has 0 spiro atoms. The van der Waals surface area contributed by atoms with Gasteiger partial charge in [0.15, 0.2) is 0 Å². The van der Waals surface area contributed by atoms with Crippen molar-refractivity contribution in [3.8, 4) is 0 Å². The highest BCUT2D eigenvalue weighted by Gasteiger charge is 2.45. The van der Waals surface area contributed by atoms with Crippen LogP contribution in [0.2, 0.25) is 0 Å². The van der Waals surface area contributed by atoms with E-state index in [0.717, 1.165) is 24.8 Å². The van der Waals surface area contributed by atoms with Gasteiger partial charge in [0.05, 0.1) is 11.5 Å². The molecule has 4 heteroatoms. The van der Waals surface area contributed by atoms with E-state index in [-0.39, 0.29) is 17.6 Å². The second-order valence-corrected chi connectivity index (χ2v) is 6.30. The highest BCUT2D eigenvalue weighted by Crippen LogP contribution is 2.44. The zero-order valence-corrected chi connectivity index (χ0v) is 12.7. The Kier molecular flexibility index (Phi) is 4.99. The third-order valence-corrected chi connectivity index (χ3v) is 4.51. The lowest BCUT2D eigenvalue weighted by molar-refractivity contribution is -0.130. The summed E-state index contributed by atoms with van der Waals surface area (Å²) in [5, 5.41) is 12.7. The van der Waals surface area contributed by atoms with Crippen LogP contribution in [0.5, 0.6) is 0 Å². The lowest BCUT2D eigenvalue weighted by atomic mass is 9.64. The third kappa shape index (κ3) is 3.43. The van der Waals surface area contributed by atoms with Gasteiger partial charge in [0.1, 0.15) is 5.82 Å². The minimum atomic E-state index is -0.578. The summed E-state index contributed by atoms with van der Waals surface area (Å²) in [6.45, 7) is 4.36. The molecule has 1 aliphatic rings. The normalized spacial score (nSPS) is 18.1. The third-order valence-electron chi connectivity index (χ3n) is 4.51. The first-order valence-corrected chi connectivity index (χ1v) is 7.68. The fourth-order valence-electron chi connectivity index (χ4n) is 2.80. The molecule has 0 aliphatic heterocycles. The highest BCUT2D eigenvalue weighted by molar-refractivity contribution is 5.89. The molecule has 1 saturated carbocycles. The first-order chi connectivity index (χ1) is 9.95. The van der Waals surface area contributed by atoms with Gasteiger partial charge in [-0.15, -0.1) is 0 Å². The Morgan fingerprint density at radius 3 is 2.67 bits per heavy atom. The van der Waals surface area contributed by atoms with Crippen molar-refractivity contribution in [3.63, 3.8) is 0 Å². The van der Waals surface area contributed by atoms with Gasteiger partial charge in [0.25, 0.3) is 0 Å². The molecule has 2 rings (SSSR count). The number of benzene rings is 1. The minimum Gasteiger partial charge on any atom is -0.393 e. The number of aliphatic hydroxyl groups excluding tert-OH is 1. The van der Waals surface area contributed by atoms with Crippen LogP contribution in [0.1, 0.15) is 45.1 Å². The standard InChI is InChI=1S/C17H24FNO2/c1-12(2)15(20)7-10-19-16(21)17(8-4-9-17)13-5-3-6-14(18)11-13/h3,5-6,11-12,15,20H,4,7-10H2,1-2H3,(H,19,21). The Morgan fingerprint density at radius 1 is 1.43 bits per heavy atom. The molecule has 116 valence electrons. The van der Waals surface area contributed by atoms with Gasteiger partial charge in [-0.25, -0.2) is 4.39 Å². The van der Waals surface area contributed by atoms with Crippen LogP contribution in [0.25, 0.3) is 0 Å². The zero-order chi connectivity index (χ0) is 15.5. The molecule has 0 aromatic heterocycles. The van der Waals surface area contributed by atoms with Gasteiger partial charge in [-0.2, -0.15) is 0 Å². The van der Waals surface area contributed by atoms with Crippen molar-refractivity contribution in [1.29, 1.82) is 0 Å². The van der Waals surface area contributed by atoms with Gasteiger partial charge in [0.2, 0.25) is 5.91 Å². The second-order valence-electron chi connectivity index (χ2n) is 6.30. The minimum absolute atomic E-state index is 0.0460. The van der Waals surface area contributed by atoms with Crippen molar-refractivity contribution in [2.45, 2.75) is 51.0 Å². The maximum absolute atomic E-state index is 13.4. The lowest BCUT2D eigenvalue weighted by Gasteiger charge is -2.40. The highest BCUT2D eigenvalue weighted by atomic mass is 19.1. The molecule has 1 aromatic rings. The van der Waals surface area contributed by atoms with Crippen LogP contribution >= 0.6 is 0 Å². The molecule has 1 atom stereocenters. The lowest BCUT2D eigenvalue weighted by Crippen LogP contribution is -2.49. The number of carbonyl (C=O) groups excluding carboxylic acids is 1. The topological polar surface area (TPSA) is 49.3 Å². The molecule has 2 N–H and O–H groups in total. The monoisotopic (exact) mass is 293 g/mol. The smallest absolute Gasteiger partial charge is 0.230 e. The molecular weight excluding hydrogens is 269 g/mol. The van der Waals surface area contributed by atoms with Crippen molar-refractivity contribution >= 4 is 5.91 Å². The zero-order valence-electron chi connectivity index (χ0n) is 12.7. The van der Waals surface area contributed by atoms with Gasteiger partial charge in [-0.3, -0.25) is 4.79 Å². The quantitative estimate of drug-likeness (QED) is 0.847. The molecule has 1 amide bonds. The van der Waals surface area contributed by atoms with Crippen LogP contribution in [-0.2, 0) is 10.2 Å². The second kappa shape index (κ2) is 6.56. The fourth-order valence-corrected chi connectivity index (χ4v) is 2.80. The summed E-state index contributed by atoms with van der Waals surface area (Å²) >= 11 is 0. The van der Waals surface area contributed by atoms with E-state index in [9.17, 15) is 14.3 Å². The number of hydrogen-bond donors (Lipinski definition) is 2. The van der Waals surface area contributed by atoms with Crippen LogP contribution in [-0.4, -0.2) is 23.7 Å². The average Bonchev–Trinajstić information content (AvgIpc) is 2.37. The summed E-state index contributed by atoms with van der Waals surface area (Å²) < 4.78 is 13.4. The number of hydrogen-bond acceptors (Lipinski definition) is 2. The molecule has 0 radical (unpaired) electrons. The Labute approximate surface area is 125 Å². The van der Waals surface area contributed by atoms with Crippen LogP contribution in [0.4, 0.5) is 4.39 Å². The van der Waals surface area contributed by atoms with E-state index in [1.807, 2.05) is 19.9 Å². The average molecular weight is 293 g/mol. The Hall–Kier alpha value is -1.42. The van der Waals surface area contributed by atoms with Gasteiger partial charge in [0, 0.05) is 6.54 Å². The summed E-state index contributed by atoms with van der Waals surface area (Å²) in [7, 11) is 0. The molecule has 21 heavy (non-hydrogen) atoms. The van der Waals surface area contributed by atoms with Crippen LogP contribution < -0.4 is 5.32 Å². The summed E-state index contributed by atoms with van der Waals surface area (Å²) in [4.78, 5) is 12.5. The van der Waals surface area contributed by atoms with E-state index in [1.165, 1.54) is 12.1 Å². The summed E-state index contributed by atoms with van der Waals surface area (Å²) in [6, 6.07) is 6.33. The van der Waals surface area contributed by atoms with E-state index >= 15 is 0 Å². The molecule has 0 heterocycles. The number of amides is 1. The van der Waals surface area contributed by atoms with Gasteiger partial charge in [-0.05, 0) is 42.9 Å². The van der Waals surface area contributed by atoms with Gasteiger partial charge < -0.3 is 10.4 Å². The molecule has 0 saturated heterocycles. The van der Waals surface area contributed by atoms with Crippen LogP contribution in [0, 0.1) is 11.7 Å². The van der Waals surface area contributed by atoms with Crippen molar-refractivity contribution in [2.75, 3.05) is 6.54 Å². The Morgan fingerprint density at radius 2 is 2.14 bits per heavy atom. The van der Waals surface area contributed by atoms with Crippen molar-refractivity contribution < 1.29 is 14.3 Å². The maximum atomic E-state index is 13.4. The maximum Gasteiger partial charge on any atom is 0.230 e. The van der Waals surface area contributed by atoms with Crippen molar-refractivity contribution in [1.82, 2.24) is 5.32 Å². The molecule has 1 aromatic carbocycles. The summed E-state index contributed by atoms with van der Waals surface area (Å²) in [5.41, 5.74) is 0.181. The largest absolute Gasteiger partial charge is 0.393 e. The molecule has 1 aliphatic carbocycles. The molecule has 0 bridgehead atoms. The Bertz CT molecular complexity index is 497. The molecule has 3 nitrogen and oxygen atoms in total. The number of carbonyl (C=O) groups is 1. The predicted octanol–water partition coefficient (Wildman–Crippen LogP) is 2.77. The van der Waals surface area contributed by atoms with E-state index < -0.39 is 11.5 Å². The van der Waals surface area contributed by atoms with Crippen LogP contribution in [0.15, 0.2) is 24.3 Å². The number of rotatable bonds is 6.